The van der Waals surface area contributed by atoms with Gasteiger partial charge in [-0.2, -0.15) is 4.98 Å². The number of hydrogen-bond donors (Lipinski definition) is 2. The number of carbonyl (C=O) groups is 2. The second kappa shape index (κ2) is 7.14. The summed E-state index contributed by atoms with van der Waals surface area (Å²) in [5.41, 5.74) is 3.84. The summed E-state index contributed by atoms with van der Waals surface area (Å²) in [5, 5.41) is 7.79. The molecule has 3 amide bonds. The van der Waals surface area contributed by atoms with Crippen molar-refractivity contribution in [3.8, 4) is 11.4 Å². The van der Waals surface area contributed by atoms with Crippen LogP contribution in [0, 0.1) is 6.92 Å². The Labute approximate surface area is 171 Å². The predicted octanol–water partition coefficient (Wildman–Crippen LogP) is 3.19. The number of H-pyrrole nitrogens is 1. The molecule has 8 nitrogen and oxygen atoms in total. The minimum atomic E-state index is -0.629. The Hall–Kier alpha value is -3.94. The Morgan fingerprint density at radius 1 is 1.10 bits per heavy atom. The molecular formula is C22H19N5O3. The van der Waals surface area contributed by atoms with Crippen LogP contribution < -0.4 is 5.32 Å². The van der Waals surface area contributed by atoms with Gasteiger partial charge in [-0.25, -0.2) is 4.79 Å². The second-order valence-corrected chi connectivity index (χ2v) is 7.32. The van der Waals surface area contributed by atoms with E-state index in [0.717, 1.165) is 32.5 Å². The van der Waals surface area contributed by atoms with E-state index in [-0.39, 0.29) is 18.3 Å². The third kappa shape index (κ3) is 3.12. The topological polar surface area (TPSA) is 104 Å². The number of aromatic amines is 1. The average Bonchev–Trinajstić information content (AvgIpc) is 3.44. The zero-order valence-corrected chi connectivity index (χ0v) is 16.3. The highest BCUT2D eigenvalue weighted by molar-refractivity contribution is 6.04. The molecule has 1 aliphatic rings. The Morgan fingerprint density at radius 3 is 2.77 bits per heavy atom. The summed E-state index contributed by atoms with van der Waals surface area (Å²) >= 11 is 0. The lowest BCUT2D eigenvalue weighted by Crippen LogP contribution is -2.32. The lowest BCUT2D eigenvalue weighted by atomic mass is 10.1. The number of nitrogens with one attached hydrogen (secondary N) is 2. The predicted molar refractivity (Wildman–Crippen MR) is 109 cm³/mol. The SMILES string of the molecule is Cc1ccccc1-c1noc(CN2C(=O)NC(Cc3c[nH]c4ccccc34)C2=O)n1. The van der Waals surface area contributed by atoms with E-state index in [9.17, 15) is 9.59 Å². The summed E-state index contributed by atoms with van der Waals surface area (Å²) < 4.78 is 5.29. The summed E-state index contributed by atoms with van der Waals surface area (Å²) in [6, 6.07) is 14.5. The van der Waals surface area contributed by atoms with E-state index in [1.165, 1.54) is 0 Å². The Morgan fingerprint density at radius 2 is 1.90 bits per heavy atom. The molecule has 5 rings (SSSR count). The van der Waals surface area contributed by atoms with Gasteiger partial charge in [-0.05, 0) is 24.1 Å². The molecular weight excluding hydrogens is 382 g/mol. The summed E-state index contributed by atoms with van der Waals surface area (Å²) in [4.78, 5) is 33.9. The van der Waals surface area contributed by atoms with Crippen LogP contribution in [0.3, 0.4) is 0 Å². The van der Waals surface area contributed by atoms with Gasteiger partial charge in [-0.1, -0.05) is 47.6 Å². The maximum Gasteiger partial charge on any atom is 0.325 e. The highest BCUT2D eigenvalue weighted by Crippen LogP contribution is 2.23. The van der Waals surface area contributed by atoms with Crippen LogP contribution in [0.15, 0.2) is 59.3 Å². The maximum atomic E-state index is 12.9. The molecule has 0 radical (unpaired) electrons. The summed E-state index contributed by atoms with van der Waals surface area (Å²) in [6.45, 7) is 1.89. The first kappa shape index (κ1) is 18.1. The van der Waals surface area contributed by atoms with E-state index in [1.54, 1.807) is 0 Å². The number of urea groups is 1. The van der Waals surface area contributed by atoms with Crippen molar-refractivity contribution < 1.29 is 14.1 Å². The highest BCUT2D eigenvalue weighted by Gasteiger charge is 2.39. The molecule has 3 heterocycles. The Bertz CT molecular complexity index is 1260. The number of benzene rings is 2. The number of nitrogens with zero attached hydrogens (tertiary/aromatic N) is 3. The van der Waals surface area contributed by atoms with Gasteiger partial charge in [0.2, 0.25) is 11.7 Å². The fourth-order valence-electron chi connectivity index (χ4n) is 3.77. The van der Waals surface area contributed by atoms with E-state index in [2.05, 4.69) is 20.4 Å². The molecule has 30 heavy (non-hydrogen) atoms. The summed E-state index contributed by atoms with van der Waals surface area (Å²) in [5.74, 6) is 0.343. The van der Waals surface area contributed by atoms with E-state index < -0.39 is 12.1 Å². The van der Waals surface area contributed by atoms with Crippen molar-refractivity contribution in [2.24, 2.45) is 0 Å². The molecule has 4 aromatic rings. The van der Waals surface area contributed by atoms with Crippen molar-refractivity contribution in [1.29, 1.82) is 0 Å². The number of para-hydroxylation sites is 1. The molecule has 1 unspecified atom stereocenters. The fraction of sp³-hybridized carbons (Fsp3) is 0.182. The smallest absolute Gasteiger partial charge is 0.325 e. The molecule has 2 N–H and O–H groups in total. The molecule has 1 atom stereocenters. The number of aromatic nitrogens is 3. The van der Waals surface area contributed by atoms with Gasteiger partial charge < -0.3 is 14.8 Å². The first-order valence-corrected chi connectivity index (χ1v) is 9.65. The quantitative estimate of drug-likeness (QED) is 0.500. The van der Waals surface area contributed by atoms with Gasteiger partial charge in [0.05, 0.1) is 0 Å². The standard InChI is InChI=1S/C22H19N5O3/c1-13-6-2-3-7-15(13)20-25-19(30-26-20)12-27-21(28)18(24-22(27)29)10-14-11-23-17-9-5-4-8-16(14)17/h2-9,11,18,23H,10,12H2,1H3,(H,24,29). The second-order valence-electron chi connectivity index (χ2n) is 7.32. The van der Waals surface area contributed by atoms with Gasteiger partial charge in [0, 0.05) is 29.1 Å². The van der Waals surface area contributed by atoms with Crippen molar-refractivity contribution in [2.75, 3.05) is 0 Å². The largest absolute Gasteiger partial charge is 0.361 e. The molecule has 8 heteroatoms. The van der Waals surface area contributed by atoms with Crippen LogP contribution in [0.5, 0.6) is 0 Å². The summed E-state index contributed by atoms with van der Waals surface area (Å²) in [7, 11) is 0. The van der Waals surface area contributed by atoms with E-state index >= 15 is 0 Å². The van der Waals surface area contributed by atoms with Crippen molar-refractivity contribution in [2.45, 2.75) is 25.9 Å². The zero-order valence-electron chi connectivity index (χ0n) is 16.3. The van der Waals surface area contributed by atoms with Gasteiger partial charge in [0.25, 0.3) is 5.91 Å². The van der Waals surface area contributed by atoms with Crippen LogP contribution in [0.25, 0.3) is 22.3 Å². The molecule has 150 valence electrons. The Balaban J connectivity index is 1.32. The zero-order chi connectivity index (χ0) is 20.7. The molecule has 2 aromatic carbocycles. The Kier molecular flexibility index (Phi) is 4.31. The van der Waals surface area contributed by atoms with Crippen LogP contribution in [0.2, 0.25) is 0 Å². The van der Waals surface area contributed by atoms with Gasteiger partial charge >= 0.3 is 6.03 Å². The van der Waals surface area contributed by atoms with Crippen LogP contribution >= 0.6 is 0 Å². The maximum absolute atomic E-state index is 12.9. The van der Waals surface area contributed by atoms with E-state index in [0.29, 0.717) is 12.2 Å². The van der Waals surface area contributed by atoms with Crippen molar-refractivity contribution in [1.82, 2.24) is 25.3 Å². The molecule has 0 saturated carbocycles. The third-order valence-electron chi connectivity index (χ3n) is 5.35. The monoisotopic (exact) mass is 401 g/mol. The van der Waals surface area contributed by atoms with Gasteiger partial charge in [0.1, 0.15) is 12.6 Å². The number of rotatable bonds is 5. The number of imide groups is 1. The van der Waals surface area contributed by atoms with E-state index in [1.807, 2.05) is 61.7 Å². The number of amides is 3. The summed E-state index contributed by atoms with van der Waals surface area (Å²) in [6.07, 6.45) is 2.28. The third-order valence-corrected chi connectivity index (χ3v) is 5.35. The minimum Gasteiger partial charge on any atom is -0.361 e. The molecule has 0 bridgehead atoms. The minimum absolute atomic E-state index is 0.0616. The molecule has 1 saturated heterocycles. The molecule has 0 aliphatic carbocycles. The first-order valence-electron chi connectivity index (χ1n) is 9.65. The van der Waals surface area contributed by atoms with Crippen LogP contribution in [0.1, 0.15) is 17.0 Å². The number of carbonyl (C=O) groups excluding carboxylic acids is 2. The average molecular weight is 401 g/mol. The van der Waals surface area contributed by atoms with Crippen molar-refractivity contribution >= 4 is 22.8 Å². The van der Waals surface area contributed by atoms with Gasteiger partial charge in [0.15, 0.2) is 0 Å². The van der Waals surface area contributed by atoms with Crippen LogP contribution in [0.4, 0.5) is 4.79 Å². The molecule has 1 fully saturated rings. The van der Waals surface area contributed by atoms with Gasteiger partial charge in [-0.15, -0.1) is 0 Å². The molecule has 1 aliphatic heterocycles. The highest BCUT2D eigenvalue weighted by atomic mass is 16.5. The van der Waals surface area contributed by atoms with E-state index in [4.69, 9.17) is 4.52 Å². The molecule has 0 spiro atoms. The van der Waals surface area contributed by atoms with Crippen molar-refractivity contribution in [3.63, 3.8) is 0 Å². The lowest BCUT2D eigenvalue weighted by molar-refractivity contribution is -0.128. The molecule has 2 aromatic heterocycles. The first-order chi connectivity index (χ1) is 14.6. The lowest BCUT2D eigenvalue weighted by Gasteiger charge is -2.10. The fourth-order valence-corrected chi connectivity index (χ4v) is 3.77. The van der Waals surface area contributed by atoms with Crippen LogP contribution in [-0.4, -0.2) is 38.0 Å². The van der Waals surface area contributed by atoms with Gasteiger partial charge in [-0.3, -0.25) is 9.69 Å². The normalized spacial score (nSPS) is 16.4. The number of hydrogen-bond acceptors (Lipinski definition) is 5. The van der Waals surface area contributed by atoms with Crippen molar-refractivity contribution in [3.05, 3.63) is 71.7 Å². The number of fused-ring (bicyclic) bond motifs is 1. The van der Waals surface area contributed by atoms with Crippen LogP contribution in [-0.2, 0) is 17.8 Å². The number of aryl methyl sites for hydroxylation is 1.